The highest BCUT2D eigenvalue weighted by atomic mass is 16.6. The molecule has 0 amide bonds. The van der Waals surface area contributed by atoms with Crippen LogP contribution in [0.3, 0.4) is 0 Å². The van der Waals surface area contributed by atoms with Crippen LogP contribution in [0.2, 0.25) is 0 Å². The van der Waals surface area contributed by atoms with Gasteiger partial charge in [0, 0.05) is 28.1 Å². The lowest BCUT2D eigenvalue weighted by Gasteiger charge is -2.24. The van der Waals surface area contributed by atoms with Gasteiger partial charge in [0.2, 0.25) is 0 Å². The van der Waals surface area contributed by atoms with Crippen LogP contribution in [0, 0.1) is 13.8 Å². The van der Waals surface area contributed by atoms with E-state index in [9.17, 15) is 4.79 Å². The number of fused-ring (bicyclic) bond motifs is 2. The number of carbonyl (C=O) groups excluding carboxylic acids is 1. The molecule has 3 aromatic rings. The number of aliphatic hydroxyl groups excluding tert-OH is 1. The highest BCUT2D eigenvalue weighted by Crippen LogP contribution is 2.39. The van der Waals surface area contributed by atoms with E-state index in [4.69, 9.17) is 29.8 Å². The molecule has 0 aromatic heterocycles. The fourth-order valence-electron chi connectivity index (χ4n) is 4.08. The number of aryl methyl sites for hydroxylation is 2. The SMILES string of the molecule is C=c1cc2c(cc1C)=C(c1ccccc1C(=O)OCCOCCOCCO)c1cc(C)c(N)cc1O2.CCC. The van der Waals surface area contributed by atoms with Gasteiger partial charge in [0.15, 0.2) is 0 Å². The molecule has 1 heterocycles. The van der Waals surface area contributed by atoms with Crippen LogP contribution in [0.15, 0.2) is 48.5 Å². The zero-order valence-electron chi connectivity index (χ0n) is 23.3. The van der Waals surface area contributed by atoms with Gasteiger partial charge >= 0.3 is 5.97 Å². The molecule has 7 nitrogen and oxygen atoms in total. The molecule has 0 unspecified atom stereocenters. The van der Waals surface area contributed by atoms with Gasteiger partial charge in [0.05, 0.1) is 38.6 Å². The van der Waals surface area contributed by atoms with E-state index in [0.717, 1.165) is 38.3 Å². The van der Waals surface area contributed by atoms with Crippen molar-refractivity contribution in [2.75, 3.05) is 45.4 Å². The van der Waals surface area contributed by atoms with E-state index < -0.39 is 5.97 Å². The van der Waals surface area contributed by atoms with E-state index in [-0.39, 0.29) is 26.4 Å². The van der Waals surface area contributed by atoms with E-state index in [1.807, 2.05) is 56.3 Å². The Morgan fingerprint density at radius 1 is 0.897 bits per heavy atom. The molecule has 7 heteroatoms. The first-order chi connectivity index (χ1) is 18.8. The number of esters is 1. The van der Waals surface area contributed by atoms with Gasteiger partial charge in [-0.25, -0.2) is 4.79 Å². The van der Waals surface area contributed by atoms with Crippen molar-refractivity contribution >= 4 is 23.8 Å². The van der Waals surface area contributed by atoms with Crippen molar-refractivity contribution in [3.8, 4) is 11.5 Å². The summed E-state index contributed by atoms with van der Waals surface area (Å²) in [6, 6.07) is 15.1. The van der Waals surface area contributed by atoms with Crippen LogP contribution in [0.1, 0.15) is 52.9 Å². The Labute approximate surface area is 230 Å². The van der Waals surface area contributed by atoms with E-state index >= 15 is 0 Å². The lowest BCUT2D eigenvalue weighted by atomic mass is 9.88. The van der Waals surface area contributed by atoms with Gasteiger partial charge in [-0.2, -0.15) is 0 Å². The molecule has 0 fully saturated rings. The Kier molecular flexibility index (Phi) is 11.1. The number of rotatable bonds is 10. The Morgan fingerprint density at radius 2 is 1.56 bits per heavy atom. The zero-order valence-corrected chi connectivity index (χ0v) is 23.3. The Hall–Kier alpha value is -3.65. The number of aliphatic hydroxyl groups is 1. The molecule has 0 saturated carbocycles. The second kappa shape index (κ2) is 14.5. The van der Waals surface area contributed by atoms with E-state index in [2.05, 4.69) is 20.4 Å². The van der Waals surface area contributed by atoms with Crippen molar-refractivity contribution in [1.82, 2.24) is 0 Å². The lowest BCUT2D eigenvalue weighted by Crippen LogP contribution is -2.23. The Bertz CT molecular complexity index is 1400. The van der Waals surface area contributed by atoms with Crippen LogP contribution >= 0.6 is 0 Å². The van der Waals surface area contributed by atoms with E-state index in [1.54, 1.807) is 6.07 Å². The number of hydrogen-bond acceptors (Lipinski definition) is 7. The molecule has 3 aromatic carbocycles. The molecule has 3 N–H and O–H groups in total. The molecule has 0 aliphatic carbocycles. The normalized spacial score (nSPS) is 11.6. The standard InChI is InChI=1S/C29H31NO6.C3H8/c1-18-14-23-26(16-19(18)2)36-27-17-25(30)20(3)15-24(27)28(23)21-6-4-5-7-22(21)29(32)35-13-12-34-11-10-33-9-8-31;1-3-2/h4-7,14-17,31H,2,8-13,30H2,1,3H3;3H2,1-2H3. The average molecular weight is 534 g/mol. The second-order valence-corrected chi connectivity index (χ2v) is 9.29. The van der Waals surface area contributed by atoms with Crippen molar-refractivity contribution < 1.29 is 28.8 Å². The van der Waals surface area contributed by atoms with Gasteiger partial charge in [0.1, 0.15) is 18.1 Å². The predicted octanol–water partition coefficient (Wildman–Crippen LogP) is 4.25. The van der Waals surface area contributed by atoms with Crippen molar-refractivity contribution in [2.45, 2.75) is 34.1 Å². The van der Waals surface area contributed by atoms with Gasteiger partial charge in [-0.05, 0) is 60.0 Å². The van der Waals surface area contributed by atoms with E-state index in [0.29, 0.717) is 36.0 Å². The van der Waals surface area contributed by atoms with Crippen molar-refractivity contribution in [3.63, 3.8) is 0 Å². The van der Waals surface area contributed by atoms with Gasteiger partial charge in [-0.1, -0.05) is 45.0 Å². The van der Waals surface area contributed by atoms with Crippen LogP contribution in [-0.2, 0) is 14.2 Å². The first-order valence-electron chi connectivity index (χ1n) is 13.3. The number of hydrogen-bond donors (Lipinski definition) is 2. The van der Waals surface area contributed by atoms with E-state index in [1.165, 1.54) is 6.42 Å². The van der Waals surface area contributed by atoms with Crippen LogP contribution in [0.5, 0.6) is 11.5 Å². The number of carbonyl (C=O) groups is 1. The highest BCUT2D eigenvalue weighted by Gasteiger charge is 2.25. The third kappa shape index (κ3) is 7.47. The Balaban J connectivity index is 0.00000134. The molecule has 0 spiro atoms. The van der Waals surface area contributed by atoms with Gasteiger partial charge in [-0.3, -0.25) is 0 Å². The molecular formula is C32H39NO6. The summed E-state index contributed by atoms with van der Waals surface area (Å²) in [5.41, 5.74) is 11.7. The maximum atomic E-state index is 13.1. The van der Waals surface area contributed by atoms with Crippen LogP contribution in [-0.4, -0.2) is 50.7 Å². The fourth-order valence-corrected chi connectivity index (χ4v) is 4.08. The maximum absolute atomic E-state index is 13.1. The molecule has 0 radical (unpaired) electrons. The topological polar surface area (TPSA) is 100 Å². The lowest BCUT2D eigenvalue weighted by molar-refractivity contribution is 0.00918. The quantitative estimate of drug-likeness (QED) is 0.179. The van der Waals surface area contributed by atoms with Crippen molar-refractivity contribution in [2.24, 2.45) is 0 Å². The third-order valence-corrected chi connectivity index (χ3v) is 6.05. The summed E-state index contributed by atoms with van der Waals surface area (Å²) in [7, 11) is 0. The number of ether oxygens (including phenoxy) is 4. The number of benzene rings is 3. The molecule has 4 rings (SSSR count). The summed E-state index contributed by atoms with van der Waals surface area (Å²) < 4.78 is 22.3. The van der Waals surface area contributed by atoms with Crippen molar-refractivity contribution in [1.29, 1.82) is 0 Å². The summed E-state index contributed by atoms with van der Waals surface area (Å²) in [4.78, 5) is 13.1. The summed E-state index contributed by atoms with van der Waals surface area (Å²) in [6.07, 6.45) is 1.25. The van der Waals surface area contributed by atoms with Crippen LogP contribution in [0.25, 0.3) is 12.2 Å². The number of nitrogen functional groups attached to an aromatic ring is 1. The number of nitrogens with two attached hydrogens (primary N) is 1. The molecule has 0 saturated heterocycles. The van der Waals surface area contributed by atoms with Crippen LogP contribution in [0.4, 0.5) is 5.69 Å². The van der Waals surface area contributed by atoms with Crippen LogP contribution < -0.4 is 20.9 Å². The first-order valence-corrected chi connectivity index (χ1v) is 13.3. The monoisotopic (exact) mass is 533 g/mol. The minimum absolute atomic E-state index is 0.0277. The molecule has 208 valence electrons. The summed E-state index contributed by atoms with van der Waals surface area (Å²) in [6.45, 7) is 13.6. The molecular weight excluding hydrogens is 494 g/mol. The zero-order chi connectivity index (χ0) is 28.4. The highest BCUT2D eigenvalue weighted by molar-refractivity contribution is 5.99. The largest absolute Gasteiger partial charge is 0.460 e. The number of anilines is 1. The summed E-state index contributed by atoms with van der Waals surface area (Å²) in [5, 5.41) is 10.5. The minimum atomic E-state index is -0.439. The van der Waals surface area contributed by atoms with Gasteiger partial charge in [-0.15, -0.1) is 0 Å². The van der Waals surface area contributed by atoms with Gasteiger partial charge < -0.3 is 29.8 Å². The first kappa shape index (κ1) is 29.9. The summed E-state index contributed by atoms with van der Waals surface area (Å²) in [5.74, 6) is 0.852. The Morgan fingerprint density at radius 3 is 2.28 bits per heavy atom. The fraction of sp³-hybridized carbons (Fsp3) is 0.344. The summed E-state index contributed by atoms with van der Waals surface area (Å²) >= 11 is 0. The second-order valence-electron chi connectivity index (χ2n) is 9.29. The molecule has 0 bridgehead atoms. The molecule has 39 heavy (non-hydrogen) atoms. The third-order valence-electron chi connectivity index (χ3n) is 6.05. The molecule has 0 atom stereocenters. The maximum Gasteiger partial charge on any atom is 0.338 e. The molecule has 1 aliphatic heterocycles. The smallest absolute Gasteiger partial charge is 0.338 e. The van der Waals surface area contributed by atoms with Gasteiger partial charge in [0.25, 0.3) is 0 Å². The average Bonchev–Trinajstić information content (AvgIpc) is 2.91. The minimum Gasteiger partial charge on any atom is -0.460 e. The predicted molar refractivity (Wildman–Crippen MR) is 155 cm³/mol. The van der Waals surface area contributed by atoms with Crippen molar-refractivity contribution in [3.05, 3.63) is 86.8 Å². The molecule has 1 aliphatic rings.